The molecule has 0 radical (unpaired) electrons. The van der Waals surface area contributed by atoms with Crippen molar-refractivity contribution >= 4 is 5.97 Å². The van der Waals surface area contributed by atoms with E-state index < -0.39 is 5.97 Å². The summed E-state index contributed by atoms with van der Waals surface area (Å²) in [5, 5.41) is 12.4. The first kappa shape index (κ1) is 10.3. The van der Waals surface area contributed by atoms with Crippen molar-refractivity contribution in [1.29, 1.82) is 5.26 Å². The Hall–Kier alpha value is -1.83. The van der Waals surface area contributed by atoms with Crippen molar-refractivity contribution in [3.05, 3.63) is 17.5 Å². The van der Waals surface area contributed by atoms with E-state index in [2.05, 4.69) is 9.84 Å². The molecule has 0 saturated carbocycles. The normalized spacial score (nSPS) is 9.50. The van der Waals surface area contributed by atoms with Crippen molar-refractivity contribution in [1.82, 2.24) is 9.78 Å². The van der Waals surface area contributed by atoms with E-state index in [9.17, 15) is 4.79 Å². The van der Waals surface area contributed by atoms with Gasteiger partial charge < -0.3 is 4.74 Å². The summed E-state index contributed by atoms with van der Waals surface area (Å²) in [6, 6.07) is 3.68. The minimum Gasteiger partial charge on any atom is -0.464 e. The lowest BCUT2D eigenvalue weighted by Gasteiger charge is -1.95. The van der Waals surface area contributed by atoms with Crippen LogP contribution in [0.15, 0.2) is 6.07 Å². The van der Waals surface area contributed by atoms with Crippen molar-refractivity contribution in [3.63, 3.8) is 0 Å². The van der Waals surface area contributed by atoms with Crippen LogP contribution >= 0.6 is 0 Å². The highest BCUT2D eigenvalue weighted by molar-refractivity contribution is 5.87. The van der Waals surface area contributed by atoms with Gasteiger partial charge in [0.25, 0.3) is 0 Å². The molecule has 0 spiro atoms. The van der Waals surface area contributed by atoms with E-state index in [0.29, 0.717) is 12.8 Å². The maximum Gasteiger partial charge on any atom is 0.358 e. The SMILES string of the molecule is COC(=O)c1cc(CCC#N)n(C)n1. The summed E-state index contributed by atoms with van der Waals surface area (Å²) in [4.78, 5) is 11.1. The first-order valence-corrected chi connectivity index (χ1v) is 4.17. The molecule has 5 nitrogen and oxygen atoms in total. The van der Waals surface area contributed by atoms with Crippen LogP contribution in [0, 0.1) is 11.3 Å². The molecular formula is C9H11N3O2. The van der Waals surface area contributed by atoms with Crippen LogP contribution in [-0.4, -0.2) is 22.9 Å². The highest BCUT2D eigenvalue weighted by atomic mass is 16.5. The second-order valence-electron chi connectivity index (χ2n) is 2.79. The lowest BCUT2D eigenvalue weighted by molar-refractivity contribution is 0.0593. The molecule has 1 rings (SSSR count). The Morgan fingerprint density at radius 1 is 1.79 bits per heavy atom. The Morgan fingerprint density at radius 3 is 3.07 bits per heavy atom. The lowest BCUT2D eigenvalue weighted by Crippen LogP contribution is -2.03. The number of rotatable bonds is 3. The van der Waals surface area contributed by atoms with Gasteiger partial charge in [0.1, 0.15) is 0 Å². The van der Waals surface area contributed by atoms with Gasteiger partial charge in [0.15, 0.2) is 5.69 Å². The predicted octanol–water partition coefficient (Wildman–Crippen LogP) is 0.663. The number of methoxy groups -OCH3 is 1. The summed E-state index contributed by atoms with van der Waals surface area (Å²) >= 11 is 0. The fourth-order valence-corrected chi connectivity index (χ4v) is 1.13. The van der Waals surface area contributed by atoms with Crippen molar-refractivity contribution < 1.29 is 9.53 Å². The van der Waals surface area contributed by atoms with Gasteiger partial charge in [0.05, 0.1) is 13.2 Å². The third-order valence-electron chi connectivity index (χ3n) is 1.86. The quantitative estimate of drug-likeness (QED) is 0.661. The highest BCUT2D eigenvalue weighted by Crippen LogP contribution is 2.06. The Kier molecular flexibility index (Phi) is 3.24. The molecule has 0 atom stereocenters. The Balaban J connectivity index is 2.83. The topological polar surface area (TPSA) is 67.9 Å². The van der Waals surface area contributed by atoms with Crippen molar-refractivity contribution in [2.45, 2.75) is 12.8 Å². The van der Waals surface area contributed by atoms with Crippen LogP contribution in [0.2, 0.25) is 0 Å². The Labute approximate surface area is 81.9 Å². The summed E-state index contributed by atoms with van der Waals surface area (Å²) in [5.74, 6) is -0.455. The summed E-state index contributed by atoms with van der Waals surface area (Å²) in [6.07, 6.45) is 1.01. The first-order valence-electron chi connectivity index (χ1n) is 4.17. The maximum atomic E-state index is 11.1. The highest BCUT2D eigenvalue weighted by Gasteiger charge is 2.12. The van der Waals surface area contributed by atoms with Crippen LogP contribution < -0.4 is 0 Å². The summed E-state index contributed by atoms with van der Waals surface area (Å²) in [6.45, 7) is 0. The van der Waals surface area contributed by atoms with Gasteiger partial charge in [-0.1, -0.05) is 0 Å². The molecule has 0 fully saturated rings. The molecule has 14 heavy (non-hydrogen) atoms. The molecule has 0 aliphatic heterocycles. The zero-order valence-corrected chi connectivity index (χ0v) is 8.15. The van der Waals surface area contributed by atoms with Gasteiger partial charge in [-0.2, -0.15) is 10.4 Å². The molecule has 0 bridgehead atoms. The second kappa shape index (κ2) is 4.42. The predicted molar refractivity (Wildman–Crippen MR) is 48.5 cm³/mol. The van der Waals surface area contributed by atoms with Gasteiger partial charge in [-0.15, -0.1) is 0 Å². The third kappa shape index (κ3) is 2.10. The van der Waals surface area contributed by atoms with Crippen LogP contribution in [0.3, 0.4) is 0 Å². The molecule has 1 heterocycles. The number of carbonyl (C=O) groups is 1. The van der Waals surface area contributed by atoms with E-state index in [1.54, 1.807) is 17.8 Å². The molecule has 5 heteroatoms. The molecule has 1 aromatic rings. The number of carbonyl (C=O) groups excluding carboxylic acids is 1. The average Bonchev–Trinajstić information content (AvgIpc) is 2.56. The molecule has 0 aliphatic carbocycles. The van der Waals surface area contributed by atoms with Crippen LogP contribution in [0.25, 0.3) is 0 Å². The lowest BCUT2D eigenvalue weighted by atomic mass is 10.2. The number of ether oxygens (including phenoxy) is 1. The zero-order valence-electron chi connectivity index (χ0n) is 8.15. The van der Waals surface area contributed by atoms with Gasteiger partial charge in [-0.25, -0.2) is 4.79 Å². The molecule has 74 valence electrons. The number of nitriles is 1. The standard InChI is InChI=1S/C9H11N3O2/c1-12-7(4-3-5-10)6-8(11-12)9(13)14-2/h6H,3-4H2,1-2H3. The molecule has 0 aliphatic rings. The van der Waals surface area contributed by atoms with Crippen molar-refractivity contribution in [2.75, 3.05) is 7.11 Å². The van der Waals surface area contributed by atoms with Gasteiger partial charge in [-0.05, 0) is 6.07 Å². The van der Waals surface area contributed by atoms with Crippen LogP contribution in [0.5, 0.6) is 0 Å². The smallest absolute Gasteiger partial charge is 0.358 e. The minimum atomic E-state index is -0.455. The van der Waals surface area contributed by atoms with Gasteiger partial charge in [-0.3, -0.25) is 4.68 Å². The number of esters is 1. The second-order valence-corrected chi connectivity index (χ2v) is 2.79. The monoisotopic (exact) mass is 193 g/mol. The third-order valence-corrected chi connectivity index (χ3v) is 1.86. The van der Waals surface area contributed by atoms with E-state index in [-0.39, 0.29) is 5.69 Å². The number of nitrogens with zero attached hydrogens (tertiary/aromatic N) is 3. The van der Waals surface area contributed by atoms with Crippen LogP contribution in [0.4, 0.5) is 0 Å². The summed E-state index contributed by atoms with van der Waals surface area (Å²) in [7, 11) is 3.05. The molecule has 0 unspecified atom stereocenters. The van der Waals surface area contributed by atoms with Gasteiger partial charge in [0, 0.05) is 25.6 Å². The van der Waals surface area contributed by atoms with E-state index in [1.807, 2.05) is 6.07 Å². The number of hydrogen-bond donors (Lipinski definition) is 0. The minimum absolute atomic E-state index is 0.280. The van der Waals surface area contributed by atoms with E-state index in [0.717, 1.165) is 5.69 Å². The zero-order chi connectivity index (χ0) is 10.6. The van der Waals surface area contributed by atoms with Crippen molar-refractivity contribution in [3.8, 4) is 6.07 Å². The molecule has 0 aromatic carbocycles. The van der Waals surface area contributed by atoms with Gasteiger partial charge >= 0.3 is 5.97 Å². The average molecular weight is 193 g/mol. The molecule has 1 aromatic heterocycles. The van der Waals surface area contributed by atoms with E-state index in [4.69, 9.17) is 5.26 Å². The van der Waals surface area contributed by atoms with Crippen LogP contribution in [-0.2, 0) is 18.2 Å². The Bertz CT molecular complexity index is 376. The fraction of sp³-hybridized carbons (Fsp3) is 0.444. The van der Waals surface area contributed by atoms with E-state index in [1.165, 1.54) is 7.11 Å². The maximum absolute atomic E-state index is 11.1. The first-order chi connectivity index (χ1) is 6.69. The molecule has 0 saturated heterocycles. The van der Waals surface area contributed by atoms with Crippen molar-refractivity contribution in [2.24, 2.45) is 7.05 Å². The molecule has 0 N–H and O–H groups in total. The fourth-order valence-electron chi connectivity index (χ4n) is 1.13. The summed E-state index contributed by atoms with van der Waals surface area (Å²) < 4.78 is 6.12. The van der Waals surface area contributed by atoms with Crippen LogP contribution in [0.1, 0.15) is 22.6 Å². The Morgan fingerprint density at radius 2 is 2.50 bits per heavy atom. The number of hydrogen-bond acceptors (Lipinski definition) is 4. The van der Waals surface area contributed by atoms with E-state index >= 15 is 0 Å². The summed E-state index contributed by atoms with van der Waals surface area (Å²) in [5.41, 5.74) is 1.13. The number of aryl methyl sites for hydroxylation is 2. The molecule has 0 amide bonds. The van der Waals surface area contributed by atoms with Gasteiger partial charge in [0.2, 0.25) is 0 Å². The largest absolute Gasteiger partial charge is 0.464 e. The number of aromatic nitrogens is 2. The molecular weight excluding hydrogens is 182 g/mol.